The SMILES string of the molecule is CCOC(=O)c1c(C)[nH]c(C)c1S(=O)(=O)NCC(=O)N1CCN(c2cccc(C)c2)C(C)C1. The lowest BCUT2D eigenvalue weighted by Gasteiger charge is -2.41. The van der Waals surface area contributed by atoms with Crippen molar-refractivity contribution in [1.82, 2.24) is 14.6 Å². The molecule has 2 N–H and O–H groups in total. The number of amides is 1. The van der Waals surface area contributed by atoms with Crippen molar-refractivity contribution < 1.29 is 22.7 Å². The van der Waals surface area contributed by atoms with Gasteiger partial charge in [0, 0.05) is 42.8 Å². The van der Waals surface area contributed by atoms with Gasteiger partial charge in [-0.25, -0.2) is 17.9 Å². The number of aryl methyl sites for hydroxylation is 3. The van der Waals surface area contributed by atoms with Crippen molar-refractivity contribution in [3.63, 3.8) is 0 Å². The number of nitrogens with one attached hydrogen (secondary N) is 2. The molecule has 10 heteroatoms. The molecule has 1 unspecified atom stereocenters. The molecule has 1 amide bonds. The molecule has 0 radical (unpaired) electrons. The predicted octanol–water partition coefficient (Wildman–Crippen LogP) is 2.13. The first-order valence-corrected chi connectivity index (χ1v) is 12.5. The van der Waals surface area contributed by atoms with Gasteiger partial charge in [0.2, 0.25) is 15.9 Å². The molecular weight excluding hydrogens is 444 g/mol. The number of aromatic amines is 1. The maximum Gasteiger partial charge on any atom is 0.341 e. The van der Waals surface area contributed by atoms with Crippen LogP contribution in [-0.4, -0.2) is 69.0 Å². The molecule has 0 saturated carbocycles. The highest BCUT2D eigenvalue weighted by molar-refractivity contribution is 7.89. The highest BCUT2D eigenvalue weighted by Crippen LogP contribution is 2.25. The Bertz CT molecular complexity index is 1140. The maximum absolute atomic E-state index is 13.0. The quantitative estimate of drug-likeness (QED) is 0.592. The third-order valence-corrected chi connectivity index (χ3v) is 7.36. The van der Waals surface area contributed by atoms with Gasteiger partial charge in [-0.3, -0.25) is 4.79 Å². The number of anilines is 1. The van der Waals surface area contributed by atoms with E-state index in [1.165, 1.54) is 5.56 Å². The van der Waals surface area contributed by atoms with Crippen LogP contribution in [-0.2, 0) is 19.6 Å². The monoisotopic (exact) mass is 476 g/mol. The summed E-state index contributed by atoms with van der Waals surface area (Å²) in [7, 11) is -4.11. The number of rotatable bonds is 7. The van der Waals surface area contributed by atoms with E-state index >= 15 is 0 Å². The van der Waals surface area contributed by atoms with Crippen molar-refractivity contribution in [2.75, 3.05) is 37.7 Å². The second-order valence-electron chi connectivity index (χ2n) is 8.35. The van der Waals surface area contributed by atoms with E-state index in [0.29, 0.717) is 31.0 Å². The van der Waals surface area contributed by atoms with Crippen molar-refractivity contribution >= 4 is 27.6 Å². The van der Waals surface area contributed by atoms with E-state index in [4.69, 9.17) is 4.74 Å². The third kappa shape index (κ3) is 5.39. The van der Waals surface area contributed by atoms with Crippen LogP contribution in [0.3, 0.4) is 0 Å². The molecule has 1 aliphatic heterocycles. The molecule has 2 aromatic rings. The summed E-state index contributed by atoms with van der Waals surface area (Å²) < 4.78 is 33.4. The fourth-order valence-corrected chi connectivity index (χ4v) is 5.68. The van der Waals surface area contributed by atoms with Crippen LogP contribution in [0, 0.1) is 20.8 Å². The molecule has 180 valence electrons. The molecule has 9 nitrogen and oxygen atoms in total. The van der Waals surface area contributed by atoms with Gasteiger partial charge in [-0.15, -0.1) is 0 Å². The largest absolute Gasteiger partial charge is 0.462 e. The minimum atomic E-state index is -4.11. The van der Waals surface area contributed by atoms with Crippen LogP contribution in [0.25, 0.3) is 0 Å². The normalized spacial score (nSPS) is 16.7. The Morgan fingerprint density at radius 2 is 1.91 bits per heavy atom. The zero-order chi connectivity index (χ0) is 24.3. The number of esters is 1. The first kappa shape index (κ1) is 24.8. The number of carbonyl (C=O) groups excluding carboxylic acids is 2. The Kier molecular flexibility index (Phi) is 7.48. The fraction of sp³-hybridized carbons (Fsp3) is 0.478. The lowest BCUT2D eigenvalue weighted by atomic mass is 10.1. The molecule has 33 heavy (non-hydrogen) atoms. The molecule has 2 heterocycles. The van der Waals surface area contributed by atoms with Crippen LogP contribution < -0.4 is 9.62 Å². The fourth-order valence-electron chi connectivity index (χ4n) is 4.26. The van der Waals surface area contributed by atoms with E-state index < -0.39 is 16.0 Å². The van der Waals surface area contributed by atoms with Crippen LogP contribution >= 0.6 is 0 Å². The standard InChI is InChI=1S/C23H32N4O5S/c1-6-32-23(29)21-17(4)25-18(5)22(21)33(30,31)24-13-20(28)26-10-11-27(16(3)14-26)19-9-7-8-15(2)12-19/h7-9,12,16,24-25H,6,10-11,13-14H2,1-5H3. The zero-order valence-electron chi connectivity index (χ0n) is 19.8. The summed E-state index contributed by atoms with van der Waals surface area (Å²) >= 11 is 0. The minimum Gasteiger partial charge on any atom is -0.462 e. The van der Waals surface area contributed by atoms with Crippen LogP contribution in [0.4, 0.5) is 5.69 Å². The van der Waals surface area contributed by atoms with Crippen molar-refractivity contribution in [1.29, 1.82) is 0 Å². The van der Waals surface area contributed by atoms with Crippen molar-refractivity contribution in [3.05, 3.63) is 46.8 Å². The highest BCUT2D eigenvalue weighted by atomic mass is 32.2. The first-order valence-electron chi connectivity index (χ1n) is 11.0. The van der Waals surface area contributed by atoms with E-state index in [9.17, 15) is 18.0 Å². The summed E-state index contributed by atoms with van der Waals surface area (Å²) in [5, 5.41) is 0. The van der Waals surface area contributed by atoms with Gasteiger partial charge in [0.1, 0.15) is 10.5 Å². The number of carbonyl (C=O) groups is 2. The summed E-state index contributed by atoms with van der Waals surface area (Å²) in [6, 6.07) is 8.31. The lowest BCUT2D eigenvalue weighted by Crippen LogP contribution is -2.55. The van der Waals surface area contributed by atoms with Crippen molar-refractivity contribution in [3.8, 4) is 0 Å². The van der Waals surface area contributed by atoms with Crippen LogP contribution in [0.1, 0.15) is 41.2 Å². The van der Waals surface area contributed by atoms with Crippen molar-refractivity contribution in [2.45, 2.75) is 45.6 Å². The summed E-state index contributed by atoms with van der Waals surface area (Å²) in [6.45, 7) is 10.3. The van der Waals surface area contributed by atoms with Gasteiger partial charge in [-0.1, -0.05) is 12.1 Å². The van der Waals surface area contributed by atoms with Gasteiger partial charge >= 0.3 is 5.97 Å². The Hall–Kier alpha value is -2.85. The number of sulfonamides is 1. The van der Waals surface area contributed by atoms with E-state index in [0.717, 1.165) is 5.69 Å². The first-order chi connectivity index (χ1) is 15.5. The topological polar surface area (TPSA) is 112 Å². The molecule has 0 bridgehead atoms. The molecule has 3 rings (SSSR count). The third-order valence-electron chi connectivity index (χ3n) is 5.79. The molecule has 1 fully saturated rings. The smallest absolute Gasteiger partial charge is 0.341 e. The molecule has 0 spiro atoms. The Balaban J connectivity index is 1.67. The molecule has 1 atom stereocenters. The van der Waals surface area contributed by atoms with Crippen molar-refractivity contribution in [2.24, 2.45) is 0 Å². The van der Waals surface area contributed by atoms with E-state index in [2.05, 4.69) is 26.7 Å². The van der Waals surface area contributed by atoms with Gasteiger partial charge < -0.3 is 19.5 Å². The summed E-state index contributed by atoms with van der Waals surface area (Å²) in [5.41, 5.74) is 2.97. The maximum atomic E-state index is 13.0. The van der Waals surface area contributed by atoms with Gasteiger partial charge in [0.25, 0.3) is 0 Å². The van der Waals surface area contributed by atoms with Crippen LogP contribution in [0.15, 0.2) is 29.2 Å². The number of hydrogen-bond donors (Lipinski definition) is 2. The Labute approximate surface area is 195 Å². The second kappa shape index (κ2) is 9.96. The van der Waals surface area contributed by atoms with Gasteiger partial charge in [0.15, 0.2) is 0 Å². The number of benzene rings is 1. The molecule has 1 aromatic heterocycles. The molecular formula is C23H32N4O5S. The number of aromatic nitrogens is 1. The van der Waals surface area contributed by atoms with Gasteiger partial charge in [-0.2, -0.15) is 0 Å². The lowest BCUT2D eigenvalue weighted by molar-refractivity contribution is -0.130. The van der Waals surface area contributed by atoms with E-state index in [1.807, 2.05) is 26.0 Å². The Morgan fingerprint density at radius 3 is 2.55 bits per heavy atom. The van der Waals surface area contributed by atoms with Gasteiger partial charge in [-0.05, 0) is 52.3 Å². The van der Waals surface area contributed by atoms with E-state index in [-0.39, 0.29) is 35.6 Å². The summed E-state index contributed by atoms with van der Waals surface area (Å²) in [4.78, 5) is 31.8. The second-order valence-corrected chi connectivity index (χ2v) is 10.0. The number of nitrogens with zero attached hydrogens (tertiary/aromatic N) is 2. The molecule has 0 aliphatic carbocycles. The van der Waals surface area contributed by atoms with Gasteiger partial charge in [0.05, 0.1) is 13.2 Å². The average Bonchev–Trinajstić information content (AvgIpc) is 3.06. The molecule has 1 saturated heterocycles. The van der Waals surface area contributed by atoms with Crippen LogP contribution in [0.5, 0.6) is 0 Å². The zero-order valence-corrected chi connectivity index (χ0v) is 20.6. The highest BCUT2D eigenvalue weighted by Gasteiger charge is 2.32. The summed E-state index contributed by atoms with van der Waals surface area (Å²) in [6.07, 6.45) is 0. The number of hydrogen-bond acceptors (Lipinski definition) is 6. The number of piperazine rings is 1. The predicted molar refractivity (Wildman–Crippen MR) is 126 cm³/mol. The average molecular weight is 477 g/mol. The number of ether oxygens (including phenoxy) is 1. The summed E-state index contributed by atoms with van der Waals surface area (Å²) in [5.74, 6) is -1.02. The molecule has 1 aliphatic rings. The minimum absolute atomic E-state index is 0.0327. The van der Waals surface area contributed by atoms with Crippen LogP contribution in [0.2, 0.25) is 0 Å². The molecule has 1 aromatic carbocycles. The Morgan fingerprint density at radius 1 is 1.18 bits per heavy atom. The van der Waals surface area contributed by atoms with E-state index in [1.54, 1.807) is 25.7 Å². The number of H-pyrrole nitrogens is 1.